The second kappa shape index (κ2) is 7.43. The number of amides is 1. The van der Waals surface area contributed by atoms with Crippen molar-refractivity contribution in [1.29, 1.82) is 5.26 Å². The van der Waals surface area contributed by atoms with Crippen molar-refractivity contribution in [2.45, 2.75) is 6.10 Å². The zero-order chi connectivity index (χ0) is 13.4. The van der Waals surface area contributed by atoms with Gasteiger partial charge in [0.1, 0.15) is 0 Å². The van der Waals surface area contributed by atoms with Gasteiger partial charge in [-0.2, -0.15) is 5.26 Å². The lowest BCUT2D eigenvalue weighted by molar-refractivity contribution is 0.0285. The van der Waals surface area contributed by atoms with Crippen molar-refractivity contribution in [1.82, 2.24) is 5.32 Å². The van der Waals surface area contributed by atoms with Crippen LogP contribution in [0.5, 0.6) is 0 Å². The minimum atomic E-state index is -0.197. The van der Waals surface area contributed by atoms with Crippen LogP contribution in [0.15, 0.2) is 24.3 Å². The number of nitriles is 1. The lowest BCUT2D eigenvalue weighted by Crippen LogP contribution is -2.35. The fourth-order valence-electron chi connectivity index (χ4n) is 1.40. The minimum Gasteiger partial charge on any atom is -0.382 e. The van der Waals surface area contributed by atoms with Crippen LogP contribution >= 0.6 is 0 Å². The van der Waals surface area contributed by atoms with Crippen molar-refractivity contribution >= 4 is 5.91 Å². The first kappa shape index (κ1) is 14.2. The van der Waals surface area contributed by atoms with Gasteiger partial charge in [0.25, 0.3) is 5.91 Å². The normalized spacial score (nSPS) is 11.6. The van der Waals surface area contributed by atoms with E-state index in [0.717, 1.165) is 0 Å². The molecule has 0 aliphatic rings. The smallest absolute Gasteiger partial charge is 0.251 e. The predicted octanol–water partition coefficient (Wildman–Crippen LogP) is 0.949. The molecule has 1 unspecified atom stereocenters. The number of nitrogens with one attached hydrogen (secondary N) is 1. The number of hydrogen-bond acceptors (Lipinski definition) is 4. The maximum Gasteiger partial charge on any atom is 0.251 e. The van der Waals surface area contributed by atoms with Crippen LogP contribution in [0.25, 0.3) is 0 Å². The summed E-state index contributed by atoms with van der Waals surface area (Å²) in [5.41, 5.74) is 1.04. The SMILES string of the molecule is COCC(CNC(=O)c1ccc(C#N)cc1)OC. The highest BCUT2D eigenvalue weighted by molar-refractivity contribution is 5.94. The first-order valence-electron chi connectivity index (χ1n) is 5.51. The molecule has 1 amide bonds. The Morgan fingerprint density at radius 3 is 2.56 bits per heavy atom. The zero-order valence-electron chi connectivity index (χ0n) is 10.5. The Bertz CT molecular complexity index is 423. The van der Waals surface area contributed by atoms with Gasteiger partial charge in [-0.25, -0.2) is 0 Å². The van der Waals surface area contributed by atoms with Gasteiger partial charge in [-0.05, 0) is 24.3 Å². The van der Waals surface area contributed by atoms with Crippen LogP contribution in [-0.4, -0.2) is 39.4 Å². The van der Waals surface area contributed by atoms with E-state index in [4.69, 9.17) is 14.7 Å². The summed E-state index contributed by atoms with van der Waals surface area (Å²) in [6.45, 7) is 0.799. The molecule has 1 rings (SSSR count). The van der Waals surface area contributed by atoms with E-state index in [2.05, 4.69) is 5.32 Å². The number of hydrogen-bond donors (Lipinski definition) is 1. The molecule has 18 heavy (non-hydrogen) atoms. The van der Waals surface area contributed by atoms with E-state index in [1.54, 1.807) is 38.5 Å². The van der Waals surface area contributed by atoms with Crippen molar-refractivity contribution in [3.05, 3.63) is 35.4 Å². The van der Waals surface area contributed by atoms with Crippen molar-refractivity contribution < 1.29 is 14.3 Å². The number of nitrogens with zero attached hydrogens (tertiary/aromatic N) is 1. The molecule has 0 aliphatic heterocycles. The summed E-state index contributed by atoms with van der Waals surface area (Å²) in [6.07, 6.45) is -0.169. The van der Waals surface area contributed by atoms with Gasteiger partial charge in [0.05, 0.1) is 24.3 Å². The van der Waals surface area contributed by atoms with Crippen molar-refractivity contribution in [3.8, 4) is 6.07 Å². The Balaban J connectivity index is 2.52. The van der Waals surface area contributed by atoms with Crippen LogP contribution in [0.2, 0.25) is 0 Å². The number of carbonyl (C=O) groups excluding carboxylic acids is 1. The Morgan fingerprint density at radius 1 is 1.39 bits per heavy atom. The summed E-state index contributed by atoms with van der Waals surface area (Å²) >= 11 is 0. The Morgan fingerprint density at radius 2 is 2.06 bits per heavy atom. The van der Waals surface area contributed by atoms with E-state index >= 15 is 0 Å². The molecule has 0 saturated carbocycles. The average Bonchev–Trinajstić information content (AvgIpc) is 2.43. The molecule has 0 aromatic heterocycles. The summed E-state index contributed by atoms with van der Waals surface area (Å²) in [4.78, 5) is 11.8. The van der Waals surface area contributed by atoms with Crippen LogP contribution in [-0.2, 0) is 9.47 Å². The second-order valence-corrected chi connectivity index (χ2v) is 3.71. The second-order valence-electron chi connectivity index (χ2n) is 3.71. The van der Waals surface area contributed by atoms with Crippen LogP contribution in [0.4, 0.5) is 0 Å². The fourth-order valence-corrected chi connectivity index (χ4v) is 1.40. The standard InChI is InChI=1S/C13H16N2O3/c1-17-9-12(18-2)8-15-13(16)11-5-3-10(7-14)4-6-11/h3-6,12H,8-9H2,1-2H3,(H,15,16). The minimum absolute atomic E-state index is 0.169. The number of methoxy groups -OCH3 is 2. The molecule has 1 N–H and O–H groups in total. The van der Waals surface area contributed by atoms with E-state index in [9.17, 15) is 4.79 Å². The molecule has 1 aromatic rings. The van der Waals surface area contributed by atoms with Gasteiger partial charge in [0.15, 0.2) is 0 Å². The molecule has 0 aliphatic carbocycles. The number of carbonyl (C=O) groups is 1. The van der Waals surface area contributed by atoms with E-state index in [-0.39, 0.29) is 12.0 Å². The largest absolute Gasteiger partial charge is 0.382 e. The highest BCUT2D eigenvalue weighted by Gasteiger charge is 2.10. The molecule has 0 saturated heterocycles. The third-order valence-electron chi connectivity index (χ3n) is 2.45. The zero-order valence-corrected chi connectivity index (χ0v) is 10.5. The Kier molecular flexibility index (Phi) is 5.85. The van der Waals surface area contributed by atoms with Crippen LogP contribution in [0, 0.1) is 11.3 Å². The topological polar surface area (TPSA) is 71.3 Å². The van der Waals surface area contributed by atoms with Gasteiger partial charge in [-0.15, -0.1) is 0 Å². The predicted molar refractivity (Wildman–Crippen MR) is 66.2 cm³/mol. The number of ether oxygens (including phenoxy) is 2. The molecule has 1 atom stereocenters. The highest BCUT2D eigenvalue weighted by atomic mass is 16.5. The highest BCUT2D eigenvalue weighted by Crippen LogP contribution is 2.03. The lowest BCUT2D eigenvalue weighted by atomic mass is 10.1. The van der Waals surface area contributed by atoms with E-state index < -0.39 is 0 Å². The molecule has 0 radical (unpaired) electrons. The maximum atomic E-state index is 11.8. The monoisotopic (exact) mass is 248 g/mol. The molecule has 0 spiro atoms. The number of rotatable bonds is 6. The summed E-state index contributed by atoms with van der Waals surface area (Å²) in [5.74, 6) is -0.197. The van der Waals surface area contributed by atoms with E-state index in [1.807, 2.05) is 6.07 Å². The molecule has 5 nitrogen and oxygen atoms in total. The Labute approximate surface area is 106 Å². The molecule has 0 fully saturated rings. The van der Waals surface area contributed by atoms with Crippen LogP contribution in [0.1, 0.15) is 15.9 Å². The molecular weight excluding hydrogens is 232 g/mol. The first-order chi connectivity index (χ1) is 8.71. The van der Waals surface area contributed by atoms with E-state index in [0.29, 0.717) is 24.3 Å². The van der Waals surface area contributed by atoms with Gasteiger partial charge in [-0.3, -0.25) is 4.79 Å². The lowest BCUT2D eigenvalue weighted by Gasteiger charge is -2.14. The van der Waals surface area contributed by atoms with Crippen molar-refractivity contribution in [2.75, 3.05) is 27.4 Å². The fraction of sp³-hybridized carbons (Fsp3) is 0.385. The van der Waals surface area contributed by atoms with Gasteiger partial charge < -0.3 is 14.8 Å². The summed E-state index contributed by atoms with van der Waals surface area (Å²) in [5, 5.41) is 11.4. The van der Waals surface area contributed by atoms with E-state index in [1.165, 1.54) is 0 Å². The third-order valence-corrected chi connectivity index (χ3v) is 2.45. The molecule has 96 valence electrons. The quantitative estimate of drug-likeness (QED) is 0.813. The molecular formula is C13H16N2O3. The van der Waals surface area contributed by atoms with Gasteiger partial charge >= 0.3 is 0 Å². The number of benzene rings is 1. The maximum absolute atomic E-state index is 11.8. The van der Waals surface area contributed by atoms with Crippen LogP contribution in [0.3, 0.4) is 0 Å². The Hall–Kier alpha value is -1.90. The van der Waals surface area contributed by atoms with Crippen molar-refractivity contribution in [3.63, 3.8) is 0 Å². The average molecular weight is 248 g/mol. The third kappa shape index (κ3) is 4.17. The molecule has 5 heteroatoms. The van der Waals surface area contributed by atoms with Crippen molar-refractivity contribution in [2.24, 2.45) is 0 Å². The molecule has 0 bridgehead atoms. The molecule has 1 aromatic carbocycles. The van der Waals surface area contributed by atoms with Crippen LogP contribution < -0.4 is 5.32 Å². The van der Waals surface area contributed by atoms with Gasteiger partial charge in [0, 0.05) is 26.3 Å². The summed E-state index contributed by atoms with van der Waals surface area (Å²) in [7, 11) is 3.14. The van der Waals surface area contributed by atoms with Gasteiger partial charge in [0.2, 0.25) is 0 Å². The molecule has 0 heterocycles. The first-order valence-corrected chi connectivity index (χ1v) is 5.51. The summed E-state index contributed by atoms with van der Waals surface area (Å²) in [6, 6.07) is 8.45. The summed E-state index contributed by atoms with van der Waals surface area (Å²) < 4.78 is 10.1. The van der Waals surface area contributed by atoms with Gasteiger partial charge in [-0.1, -0.05) is 0 Å².